The van der Waals surface area contributed by atoms with E-state index in [0.29, 0.717) is 5.41 Å². The minimum absolute atomic E-state index is 0.477. The fourth-order valence-electron chi connectivity index (χ4n) is 4.14. The molecular formula is C16H18S. The second-order valence-electron chi connectivity index (χ2n) is 6.25. The maximum absolute atomic E-state index is 2.49. The molecule has 1 heterocycles. The summed E-state index contributed by atoms with van der Waals surface area (Å²) in [6.07, 6.45) is 4.24. The molecule has 17 heavy (non-hydrogen) atoms. The highest BCUT2D eigenvalue weighted by Gasteiger charge is 2.45. The van der Waals surface area contributed by atoms with Gasteiger partial charge in [-0.2, -0.15) is 0 Å². The summed E-state index contributed by atoms with van der Waals surface area (Å²) in [7, 11) is 0. The number of fused-ring (bicyclic) bond motifs is 5. The molecule has 2 aliphatic carbocycles. The first kappa shape index (κ1) is 10.1. The van der Waals surface area contributed by atoms with E-state index < -0.39 is 0 Å². The predicted octanol–water partition coefficient (Wildman–Crippen LogP) is 5.08. The van der Waals surface area contributed by atoms with Gasteiger partial charge in [-0.1, -0.05) is 13.8 Å². The Hall–Kier alpha value is -0.820. The highest BCUT2D eigenvalue weighted by Crippen LogP contribution is 2.56. The Kier molecular flexibility index (Phi) is 1.87. The Bertz CT molecular complexity index is 595. The van der Waals surface area contributed by atoms with Crippen LogP contribution in [0.5, 0.6) is 0 Å². The highest BCUT2D eigenvalue weighted by molar-refractivity contribution is 7.17. The summed E-state index contributed by atoms with van der Waals surface area (Å²) in [5.74, 6) is 1.70. The van der Waals surface area contributed by atoms with Gasteiger partial charge in [0.15, 0.2) is 0 Å². The fourth-order valence-corrected chi connectivity index (χ4v) is 4.95. The molecule has 1 heteroatoms. The van der Waals surface area contributed by atoms with Crippen LogP contribution < -0.4 is 0 Å². The average Bonchev–Trinajstić information content (AvgIpc) is 2.90. The van der Waals surface area contributed by atoms with E-state index in [1.807, 2.05) is 11.3 Å². The number of hydrogen-bond donors (Lipinski definition) is 0. The van der Waals surface area contributed by atoms with Crippen molar-refractivity contribution in [1.82, 2.24) is 0 Å². The third-order valence-electron chi connectivity index (χ3n) is 5.25. The summed E-state index contributed by atoms with van der Waals surface area (Å²) < 4.78 is 1.47. The van der Waals surface area contributed by atoms with Crippen molar-refractivity contribution in [2.75, 3.05) is 0 Å². The zero-order chi connectivity index (χ0) is 11.6. The van der Waals surface area contributed by atoms with E-state index in [1.165, 1.54) is 29.3 Å². The fraction of sp³-hybridized carbons (Fsp3) is 0.500. The molecule has 1 aromatic carbocycles. The molecule has 3 atom stereocenters. The minimum Gasteiger partial charge on any atom is -0.144 e. The minimum atomic E-state index is 0.477. The van der Waals surface area contributed by atoms with Gasteiger partial charge in [0.05, 0.1) is 0 Å². The van der Waals surface area contributed by atoms with Crippen LogP contribution in [0, 0.1) is 5.92 Å². The zero-order valence-electron chi connectivity index (χ0n) is 10.5. The van der Waals surface area contributed by atoms with Gasteiger partial charge in [0.25, 0.3) is 0 Å². The molecule has 0 N–H and O–H groups in total. The first-order valence-corrected chi connectivity index (χ1v) is 7.57. The van der Waals surface area contributed by atoms with Crippen molar-refractivity contribution in [2.24, 2.45) is 5.92 Å². The molecular weight excluding hydrogens is 224 g/mol. The SMILES string of the molecule is CC1c2cc3ccsc3cc2C2(C)CCC1C2. The van der Waals surface area contributed by atoms with Gasteiger partial charge in [-0.25, -0.2) is 0 Å². The van der Waals surface area contributed by atoms with Gasteiger partial charge < -0.3 is 0 Å². The number of rotatable bonds is 0. The van der Waals surface area contributed by atoms with Crippen LogP contribution in [0.25, 0.3) is 10.1 Å². The van der Waals surface area contributed by atoms with Gasteiger partial charge in [0.1, 0.15) is 0 Å². The molecule has 1 fully saturated rings. The molecule has 0 amide bonds. The van der Waals surface area contributed by atoms with E-state index in [0.717, 1.165) is 11.8 Å². The van der Waals surface area contributed by atoms with E-state index in [9.17, 15) is 0 Å². The van der Waals surface area contributed by atoms with Crippen molar-refractivity contribution < 1.29 is 0 Å². The van der Waals surface area contributed by atoms with Gasteiger partial charge >= 0.3 is 0 Å². The number of benzene rings is 1. The summed E-state index contributed by atoms with van der Waals surface area (Å²) in [6, 6.07) is 7.24. The van der Waals surface area contributed by atoms with Crippen LogP contribution in [-0.4, -0.2) is 0 Å². The first-order valence-electron chi connectivity index (χ1n) is 6.69. The largest absolute Gasteiger partial charge is 0.144 e. The highest BCUT2D eigenvalue weighted by atomic mass is 32.1. The standard InChI is InChI=1S/C16H18S/c1-10-12-3-5-16(2,9-12)14-8-15-11(4-6-17-15)7-13(10)14/h4,6-8,10,12H,3,5,9H2,1-2H3. The predicted molar refractivity (Wildman–Crippen MR) is 74.9 cm³/mol. The first-order chi connectivity index (χ1) is 8.17. The Morgan fingerprint density at radius 1 is 1.35 bits per heavy atom. The maximum atomic E-state index is 2.49. The lowest BCUT2D eigenvalue weighted by atomic mass is 9.68. The Morgan fingerprint density at radius 2 is 2.24 bits per heavy atom. The summed E-state index contributed by atoms with van der Waals surface area (Å²) in [6.45, 7) is 4.92. The molecule has 88 valence electrons. The molecule has 2 bridgehead atoms. The van der Waals surface area contributed by atoms with E-state index >= 15 is 0 Å². The monoisotopic (exact) mass is 242 g/mol. The van der Waals surface area contributed by atoms with Gasteiger partial charge in [-0.3, -0.25) is 0 Å². The molecule has 0 radical (unpaired) electrons. The summed E-state index contributed by atoms with van der Waals surface area (Å²) in [5.41, 5.74) is 3.78. The second-order valence-corrected chi connectivity index (χ2v) is 7.20. The summed E-state index contributed by atoms with van der Waals surface area (Å²) >= 11 is 1.89. The lowest BCUT2D eigenvalue weighted by Gasteiger charge is -2.36. The smallest absolute Gasteiger partial charge is 0.0345 e. The number of thiophene rings is 1. The molecule has 0 aliphatic heterocycles. The van der Waals surface area contributed by atoms with E-state index in [-0.39, 0.29) is 0 Å². The van der Waals surface area contributed by atoms with Crippen LogP contribution in [0.2, 0.25) is 0 Å². The molecule has 4 rings (SSSR count). The second kappa shape index (κ2) is 3.14. The normalized spacial score (nSPS) is 35.2. The molecule has 2 aliphatic rings. The topological polar surface area (TPSA) is 0 Å². The van der Waals surface area contributed by atoms with E-state index in [2.05, 4.69) is 37.4 Å². The van der Waals surface area contributed by atoms with Gasteiger partial charge in [0.2, 0.25) is 0 Å². The Labute approximate surface area is 107 Å². The van der Waals surface area contributed by atoms with Crippen molar-refractivity contribution in [3.63, 3.8) is 0 Å². The molecule has 2 aromatic rings. The summed E-state index contributed by atoms with van der Waals surface area (Å²) in [5, 5.41) is 3.67. The average molecular weight is 242 g/mol. The van der Waals surface area contributed by atoms with Crippen molar-refractivity contribution in [2.45, 2.75) is 44.4 Å². The van der Waals surface area contributed by atoms with E-state index in [4.69, 9.17) is 0 Å². The molecule has 1 saturated carbocycles. The van der Waals surface area contributed by atoms with Gasteiger partial charge in [-0.05, 0) is 76.6 Å². The molecule has 0 saturated heterocycles. The molecule has 0 spiro atoms. The van der Waals surface area contributed by atoms with E-state index in [1.54, 1.807) is 11.1 Å². The van der Waals surface area contributed by atoms with Crippen molar-refractivity contribution >= 4 is 21.4 Å². The lowest BCUT2D eigenvalue weighted by molar-refractivity contribution is 0.375. The van der Waals surface area contributed by atoms with Crippen molar-refractivity contribution in [3.8, 4) is 0 Å². The Balaban J connectivity index is 2.05. The van der Waals surface area contributed by atoms with Crippen LogP contribution in [0.1, 0.15) is 50.2 Å². The van der Waals surface area contributed by atoms with Crippen LogP contribution in [0.3, 0.4) is 0 Å². The van der Waals surface area contributed by atoms with Crippen LogP contribution >= 0.6 is 11.3 Å². The quantitative estimate of drug-likeness (QED) is 0.604. The van der Waals surface area contributed by atoms with Crippen LogP contribution in [-0.2, 0) is 5.41 Å². The summed E-state index contributed by atoms with van der Waals surface area (Å²) in [4.78, 5) is 0. The third kappa shape index (κ3) is 1.24. The van der Waals surface area contributed by atoms with Gasteiger partial charge in [-0.15, -0.1) is 11.3 Å². The van der Waals surface area contributed by atoms with Crippen molar-refractivity contribution in [1.29, 1.82) is 0 Å². The van der Waals surface area contributed by atoms with Crippen LogP contribution in [0.4, 0.5) is 0 Å². The van der Waals surface area contributed by atoms with Gasteiger partial charge in [0, 0.05) is 4.70 Å². The van der Waals surface area contributed by atoms with Crippen molar-refractivity contribution in [3.05, 3.63) is 34.7 Å². The van der Waals surface area contributed by atoms with Crippen LogP contribution in [0.15, 0.2) is 23.6 Å². The molecule has 0 nitrogen and oxygen atoms in total. The number of hydrogen-bond acceptors (Lipinski definition) is 1. The molecule has 3 unspecified atom stereocenters. The zero-order valence-corrected chi connectivity index (χ0v) is 11.3. The maximum Gasteiger partial charge on any atom is 0.0345 e. The lowest BCUT2D eigenvalue weighted by Crippen LogP contribution is -2.26. The molecule has 1 aromatic heterocycles. The Morgan fingerprint density at radius 3 is 3.12 bits per heavy atom. The third-order valence-corrected chi connectivity index (χ3v) is 6.13.